The number of likely N-dealkylation sites (tertiary alicyclic amines) is 1. The number of carbonyl (C=O) groups excluding carboxylic acids is 1. The van der Waals surface area contributed by atoms with Crippen LogP contribution in [0.15, 0.2) is 24.3 Å². The van der Waals surface area contributed by atoms with Crippen molar-refractivity contribution in [2.75, 3.05) is 19.7 Å². The predicted octanol–water partition coefficient (Wildman–Crippen LogP) is 0.638. The first kappa shape index (κ1) is 11.2. The maximum absolute atomic E-state index is 12.3. The minimum absolute atomic E-state index is 0.0449. The van der Waals surface area contributed by atoms with E-state index in [1.165, 1.54) is 0 Å². The van der Waals surface area contributed by atoms with Crippen molar-refractivity contribution in [3.05, 3.63) is 30.0 Å². The number of hydrogen-bond acceptors (Lipinski definition) is 3. The van der Waals surface area contributed by atoms with Gasteiger partial charge in [0, 0.05) is 38.0 Å². The van der Waals surface area contributed by atoms with Gasteiger partial charge in [0.1, 0.15) is 0 Å². The third-order valence-electron chi connectivity index (χ3n) is 3.46. The summed E-state index contributed by atoms with van der Waals surface area (Å²) in [5.74, 6) is 0.181. The molecule has 5 nitrogen and oxygen atoms in total. The molecular formula is C13H15N3O2. The molecule has 3 rings (SSSR count). The highest BCUT2D eigenvalue weighted by Gasteiger charge is 2.32. The number of fused-ring (bicyclic) bond motifs is 1. The molecule has 0 unspecified atom stereocenters. The first-order chi connectivity index (χ1) is 8.70. The Labute approximate surface area is 105 Å². The van der Waals surface area contributed by atoms with Gasteiger partial charge in [0.25, 0.3) is 5.91 Å². The van der Waals surface area contributed by atoms with Crippen LogP contribution in [0.5, 0.6) is 0 Å². The molecule has 0 bridgehead atoms. The van der Waals surface area contributed by atoms with Crippen molar-refractivity contribution < 1.29 is 9.90 Å². The first-order valence-electron chi connectivity index (χ1n) is 6.02. The fourth-order valence-corrected chi connectivity index (χ4v) is 2.37. The van der Waals surface area contributed by atoms with Crippen LogP contribution in [0.2, 0.25) is 0 Å². The molecule has 1 aromatic carbocycles. The molecular weight excluding hydrogens is 230 g/mol. The largest absolute Gasteiger partial charge is 0.396 e. The van der Waals surface area contributed by atoms with Crippen LogP contribution in [0.4, 0.5) is 0 Å². The number of aliphatic hydroxyl groups is 1. The number of benzene rings is 1. The van der Waals surface area contributed by atoms with Crippen LogP contribution >= 0.6 is 0 Å². The lowest BCUT2D eigenvalue weighted by molar-refractivity contribution is 0.0357. The Kier molecular flexibility index (Phi) is 2.56. The molecule has 0 spiro atoms. The monoisotopic (exact) mass is 245 g/mol. The van der Waals surface area contributed by atoms with Gasteiger partial charge in [-0.1, -0.05) is 18.2 Å². The van der Waals surface area contributed by atoms with E-state index >= 15 is 0 Å². The number of aromatic nitrogens is 2. The zero-order chi connectivity index (χ0) is 12.7. The summed E-state index contributed by atoms with van der Waals surface area (Å²) in [5, 5.41) is 14.2. The Balaban J connectivity index is 1.93. The zero-order valence-corrected chi connectivity index (χ0v) is 10.2. The highest BCUT2D eigenvalue weighted by molar-refractivity contribution is 6.05. The van der Waals surface area contributed by atoms with Crippen LogP contribution in [-0.4, -0.2) is 45.4 Å². The lowest BCUT2D eigenvalue weighted by Crippen LogP contribution is -2.51. The minimum atomic E-state index is -0.0449. The van der Waals surface area contributed by atoms with Crippen LogP contribution in [0.25, 0.3) is 10.9 Å². The number of carbonyl (C=O) groups is 1. The van der Waals surface area contributed by atoms with Gasteiger partial charge in [-0.15, -0.1) is 0 Å². The lowest BCUT2D eigenvalue weighted by Gasteiger charge is -2.37. The topological polar surface area (TPSA) is 58.4 Å². The Morgan fingerprint density at radius 3 is 2.89 bits per heavy atom. The van der Waals surface area contributed by atoms with Gasteiger partial charge >= 0.3 is 0 Å². The molecule has 5 heteroatoms. The normalized spacial score (nSPS) is 16.0. The Morgan fingerprint density at radius 2 is 2.17 bits per heavy atom. The van der Waals surface area contributed by atoms with Gasteiger partial charge in [-0.05, 0) is 6.07 Å². The molecule has 94 valence electrons. The SMILES string of the molecule is Cn1nc(C(=O)N2CC(CO)C2)c2ccccc21. The number of amides is 1. The molecule has 1 aliphatic rings. The summed E-state index contributed by atoms with van der Waals surface area (Å²) < 4.78 is 1.73. The molecule has 2 heterocycles. The third kappa shape index (κ3) is 1.59. The van der Waals surface area contributed by atoms with Gasteiger partial charge in [0.2, 0.25) is 0 Å². The smallest absolute Gasteiger partial charge is 0.275 e. The van der Waals surface area contributed by atoms with Gasteiger partial charge in [0.05, 0.1) is 5.52 Å². The molecule has 0 radical (unpaired) electrons. The first-order valence-corrected chi connectivity index (χ1v) is 6.02. The van der Waals surface area contributed by atoms with Crippen molar-refractivity contribution in [2.24, 2.45) is 13.0 Å². The van der Waals surface area contributed by atoms with Gasteiger partial charge < -0.3 is 10.0 Å². The van der Waals surface area contributed by atoms with Crippen LogP contribution in [0.3, 0.4) is 0 Å². The van der Waals surface area contributed by atoms with Crippen molar-refractivity contribution in [2.45, 2.75) is 0 Å². The second-order valence-corrected chi connectivity index (χ2v) is 4.75. The molecule has 1 amide bonds. The van der Waals surface area contributed by atoms with E-state index in [4.69, 9.17) is 5.11 Å². The summed E-state index contributed by atoms with van der Waals surface area (Å²) in [6, 6.07) is 7.71. The molecule has 2 aromatic rings. The van der Waals surface area contributed by atoms with Crippen molar-refractivity contribution in [1.29, 1.82) is 0 Å². The number of aliphatic hydroxyl groups excluding tert-OH is 1. The van der Waals surface area contributed by atoms with Crippen LogP contribution < -0.4 is 0 Å². The molecule has 1 aliphatic heterocycles. The summed E-state index contributed by atoms with van der Waals surface area (Å²) in [7, 11) is 1.84. The molecule has 1 aromatic heterocycles. The average Bonchev–Trinajstić information content (AvgIpc) is 2.66. The van der Waals surface area contributed by atoms with E-state index in [0.29, 0.717) is 18.8 Å². The van der Waals surface area contributed by atoms with Gasteiger partial charge in [-0.2, -0.15) is 5.10 Å². The molecule has 0 aliphatic carbocycles. The van der Waals surface area contributed by atoms with Gasteiger partial charge in [-0.3, -0.25) is 9.48 Å². The fourth-order valence-electron chi connectivity index (χ4n) is 2.37. The number of rotatable bonds is 2. The number of aryl methyl sites for hydroxylation is 1. The summed E-state index contributed by atoms with van der Waals surface area (Å²) in [6.45, 7) is 1.40. The predicted molar refractivity (Wildman–Crippen MR) is 67.2 cm³/mol. The molecule has 1 fully saturated rings. The maximum Gasteiger partial charge on any atom is 0.275 e. The molecule has 0 atom stereocenters. The van der Waals surface area contributed by atoms with Crippen LogP contribution in [0.1, 0.15) is 10.5 Å². The Morgan fingerprint density at radius 1 is 1.44 bits per heavy atom. The highest BCUT2D eigenvalue weighted by atomic mass is 16.3. The number of hydrogen-bond donors (Lipinski definition) is 1. The summed E-state index contributed by atoms with van der Waals surface area (Å²) >= 11 is 0. The maximum atomic E-state index is 12.3. The lowest BCUT2D eigenvalue weighted by atomic mass is 10.0. The molecule has 1 N–H and O–H groups in total. The quantitative estimate of drug-likeness (QED) is 0.844. The summed E-state index contributed by atoms with van der Waals surface area (Å²) in [6.07, 6.45) is 0. The Bertz CT molecular complexity index is 599. The van der Waals surface area contributed by atoms with Crippen molar-refractivity contribution >= 4 is 16.8 Å². The number of para-hydroxylation sites is 1. The third-order valence-corrected chi connectivity index (χ3v) is 3.46. The second kappa shape index (κ2) is 4.10. The second-order valence-electron chi connectivity index (χ2n) is 4.75. The summed E-state index contributed by atoms with van der Waals surface area (Å²) in [5.41, 5.74) is 1.46. The van der Waals surface area contributed by atoms with E-state index in [9.17, 15) is 4.79 Å². The Hall–Kier alpha value is -1.88. The van der Waals surface area contributed by atoms with Gasteiger partial charge in [-0.25, -0.2) is 0 Å². The zero-order valence-electron chi connectivity index (χ0n) is 10.2. The van der Waals surface area contributed by atoms with Crippen molar-refractivity contribution in [3.8, 4) is 0 Å². The molecule has 1 saturated heterocycles. The van der Waals surface area contributed by atoms with E-state index in [2.05, 4.69) is 5.10 Å². The van der Waals surface area contributed by atoms with Crippen LogP contribution in [0, 0.1) is 5.92 Å². The van der Waals surface area contributed by atoms with E-state index < -0.39 is 0 Å². The molecule has 0 saturated carbocycles. The minimum Gasteiger partial charge on any atom is -0.396 e. The van der Waals surface area contributed by atoms with Crippen LogP contribution in [-0.2, 0) is 7.05 Å². The fraction of sp³-hybridized carbons (Fsp3) is 0.385. The molecule has 18 heavy (non-hydrogen) atoms. The van der Waals surface area contributed by atoms with E-state index in [0.717, 1.165) is 10.9 Å². The van der Waals surface area contributed by atoms with Crippen molar-refractivity contribution in [1.82, 2.24) is 14.7 Å². The summed E-state index contributed by atoms with van der Waals surface area (Å²) in [4.78, 5) is 14.0. The van der Waals surface area contributed by atoms with Gasteiger partial charge in [0.15, 0.2) is 5.69 Å². The van der Waals surface area contributed by atoms with Crippen molar-refractivity contribution in [3.63, 3.8) is 0 Å². The number of nitrogens with zero attached hydrogens (tertiary/aromatic N) is 3. The van der Waals surface area contributed by atoms with E-state index in [-0.39, 0.29) is 18.4 Å². The van der Waals surface area contributed by atoms with E-state index in [1.54, 1.807) is 9.58 Å². The highest BCUT2D eigenvalue weighted by Crippen LogP contribution is 2.22. The standard InChI is InChI=1S/C13H15N3O2/c1-15-11-5-3-2-4-10(11)12(14-15)13(18)16-6-9(7-16)8-17/h2-5,9,17H,6-8H2,1H3. The average molecular weight is 245 g/mol. The van der Waals surface area contributed by atoms with E-state index in [1.807, 2.05) is 31.3 Å².